The Kier molecular flexibility index (Phi) is 4.72. The third kappa shape index (κ3) is 3.49. The molecule has 0 fully saturated rings. The molecular weight excluding hydrogens is 338 g/mol. The summed E-state index contributed by atoms with van der Waals surface area (Å²) >= 11 is 6.32. The number of rotatable bonds is 4. The van der Waals surface area contributed by atoms with E-state index in [4.69, 9.17) is 22.1 Å². The van der Waals surface area contributed by atoms with E-state index in [-0.39, 0.29) is 0 Å². The van der Waals surface area contributed by atoms with Gasteiger partial charge in [-0.25, -0.2) is 9.97 Å². The van der Waals surface area contributed by atoms with Crippen molar-refractivity contribution in [3.8, 4) is 17.1 Å². The molecule has 128 valence electrons. The largest absolute Gasteiger partial charge is 0.467 e. The molecule has 1 aromatic carbocycles. The monoisotopic (exact) mass is 355 g/mol. The summed E-state index contributed by atoms with van der Waals surface area (Å²) < 4.78 is 5.09. The molecule has 3 rings (SSSR count). The van der Waals surface area contributed by atoms with Crippen LogP contribution >= 0.6 is 11.6 Å². The van der Waals surface area contributed by atoms with E-state index >= 15 is 0 Å². The smallest absolute Gasteiger partial charge is 0.318 e. The van der Waals surface area contributed by atoms with E-state index in [1.807, 2.05) is 43.1 Å². The molecule has 3 aromatic rings. The van der Waals surface area contributed by atoms with E-state index in [1.165, 1.54) is 0 Å². The number of nitrogens with zero attached hydrogens (tertiary/aromatic N) is 4. The first kappa shape index (κ1) is 17.0. The minimum absolute atomic E-state index is 0.321. The molecule has 0 aliphatic carbocycles. The van der Waals surface area contributed by atoms with Crippen LogP contribution < -0.4 is 15.4 Å². The highest BCUT2D eigenvalue weighted by atomic mass is 35.5. The molecule has 25 heavy (non-hydrogen) atoms. The van der Waals surface area contributed by atoms with E-state index in [1.54, 1.807) is 25.6 Å². The number of aryl methyl sites for hydroxylation is 1. The van der Waals surface area contributed by atoms with Gasteiger partial charge in [-0.15, -0.1) is 0 Å². The molecule has 0 atom stereocenters. The number of methoxy groups -OCH3 is 1. The Bertz CT molecular complexity index is 916. The lowest BCUT2D eigenvalue weighted by molar-refractivity contribution is 0.380. The predicted octanol–water partition coefficient (Wildman–Crippen LogP) is 3.86. The third-order valence-electron chi connectivity index (χ3n) is 3.92. The van der Waals surface area contributed by atoms with Crippen molar-refractivity contribution in [3.05, 3.63) is 53.3 Å². The summed E-state index contributed by atoms with van der Waals surface area (Å²) in [7, 11) is 3.47. The van der Waals surface area contributed by atoms with Gasteiger partial charge < -0.3 is 15.4 Å². The lowest BCUT2D eigenvalue weighted by Crippen LogP contribution is -2.12. The highest BCUT2D eigenvalue weighted by molar-refractivity contribution is 6.33. The summed E-state index contributed by atoms with van der Waals surface area (Å²) in [6, 6.07) is 10.0. The minimum Gasteiger partial charge on any atom is -0.467 e. The third-order valence-corrected chi connectivity index (χ3v) is 4.22. The van der Waals surface area contributed by atoms with Crippen molar-refractivity contribution >= 4 is 28.9 Å². The van der Waals surface area contributed by atoms with Crippen molar-refractivity contribution in [1.29, 1.82) is 0 Å². The quantitative estimate of drug-likeness (QED) is 0.765. The fourth-order valence-corrected chi connectivity index (χ4v) is 2.72. The van der Waals surface area contributed by atoms with E-state index in [2.05, 4.69) is 15.0 Å². The Balaban J connectivity index is 2.05. The lowest BCUT2D eigenvalue weighted by Gasteiger charge is -2.20. The van der Waals surface area contributed by atoms with Gasteiger partial charge in [0.25, 0.3) is 0 Å². The zero-order valence-corrected chi connectivity index (χ0v) is 14.9. The van der Waals surface area contributed by atoms with E-state index in [0.29, 0.717) is 16.9 Å². The minimum atomic E-state index is 0.321. The van der Waals surface area contributed by atoms with Gasteiger partial charge in [-0.3, -0.25) is 0 Å². The Morgan fingerprint density at radius 3 is 2.68 bits per heavy atom. The van der Waals surface area contributed by atoms with Gasteiger partial charge in [-0.2, -0.15) is 4.98 Å². The number of halogens is 1. The summed E-state index contributed by atoms with van der Waals surface area (Å²) in [6.45, 7) is 2.03. The Hall–Kier alpha value is -2.86. The summed E-state index contributed by atoms with van der Waals surface area (Å²) in [5.74, 6) is 1.15. The van der Waals surface area contributed by atoms with Crippen LogP contribution in [0.15, 0.2) is 42.7 Å². The topological polar surface area (TPSA) is 77.2 Å². The van der Waals surface area contributed by atoms with E-state index in [0.717, 1.165) is 28.2 Å². The van der Waals surface area contributed by atoms with Crippen LogP contribution in [-0.4, -0.2) is 29.1 Å². The first-order valence-corrected chi connectivity index (χ1v) is 8.00. The maximum atomic E-state index is 6.32. The van der Waals surface area contributed by atoms with Crippen LogP contribution in [0.2, 0.25) is 5.02 Å². The standard InChI is InChI=1S/C18H18ClN5O/c1-11-4-5-12(24(2)17-6-7-21-18(23-17)25-3)8-13(11)14-9-16(20)22-10-15(14)19/h4-10H,1-3H3,(H2,20,22). The van der Waals surface area contributed by atoms with E-state index < -0.39 is 0 Å². The number of nitrogens with two attached hydrogens (primary N) is 1. The second-order valence-electron chi connectivity index (χ2n) is 5.55. The SMILES string of the molecule is COc1nccc(N(C)c2ccc(C)c(-c3cc(N)ncc3Cl)c2)n1. The summed E-state index contributed by atoms with van der Waals surface area (Å²) in [6.07, 6.45) is 3.23. The maximum absolute atomic E-state index is 6.32. The van der Waals surface area contributed by atoms with Crippen molar-refractivity contribution in [2.24, 2.45) is 0 Å². The van der Waals surface area contributed by atoms with Crippen molar-refractivity contribution < 1.29 is 4.74 Å². The predicted molar refractivity (Wildman–Crippen MR) is 100 cm³/mol. The molecule has 2 heterocycles. The van der Waals surface area contributed by atoms with Gasteiger partial charge in [-0.05, 0) is 42.3 Å². The molecule has 0 bridgehead atoms. The van der Waals surface area contributed by atoms with Crippen LogP contribution in [0.4, 0.5) is 17.3 Å². The van der Waals surface area contributed by atoms with Crippen molar-refractivity contribution in [1.82, 2.24) is 15.0 Å². The number of ether oxygens (including phenoxy) is 1. The molecule has 6 nitrogen and oxygen atoms in total. The van der Waals surface area contributed by atoms with Gasteiger partial charge >= 0.3 is 6.01 Å². The van der Waals surface area contributed by atoms with Gasteiger partial charge in [0.1, 0.15) is 11.6 Å². The van der Waals surface area contributed by atoms with Crippen LogP contribution in [0.25, 0.3) is 11.1 Å². The fourth-order valence-electron chi connectivity index (χ4n) is 2.52. The second kappa shape index (κ2) is 6.94. The maximum Gasteiger partial charge on any atom is 0.318 e. The Morgan fingerprint density at radius 2 is 1.92 bits per heavy atom. The number of nitrogen functional groups attached to an aromatic ring is 1. The molecule has 2 aromatic heterocycles. The number of hydrogen-bond donors (Lipinski definition) is 1. The Morgan fingerprint density at radius 1 is 1.12 bits per heavy atom. The van der Waals surface area contributed by atoms with Gasteiger partial charge in [0.2, 0.25) is 0 Å². The highest BCUT2D eigenvalue weighted by Crippen LogP contribution is 2.34. The molecule has 0 spiro atoms. The first-order chi connectivity index (χ1) is 12.0. The average Bonchev–Trinajstić information content (AvgIpc) is 2.63. The van der Waals surface area contributed by atoms with Crippen molar-refractivity contribution in [2.45, 2.75) is 6.92 Å². The van der Waals surface area contributed by atoms with Crippen molar-refractivity contribution in [2.75, 3.05) is 24.8 Å². The molecule has 7 heteroatoms. The van der Waals surface area contributed by atoms with Crippen LogP contribution in [0.3, 0.4) is 0 Å². The number of benzene rings is 1. The van der Waals surface area contributed by atoms with Crippen LogP contribution in [0.5, 0.6) is 6.01 Å². The second-order valence-corrected chi connectivity index (χ2v) is 5.96. The first-order valence-electron chi connectivity index (χ1n) is 7.62. The molecule has 0 aliphatic rings. The van der Waals surface area contributed by atoms with E-state index in [9.17, 15) is 0 Å². The molecule has 0 unspecified atom stereocenters. The molecular formula is C18H18ClN5O. The zero-order chi connectivity index (χ0) is 18.0. The van der Waals surface area contributed by atoms with Gasteiger partial charge in [0.15, 0.2) is 0 Å². The molecule has 0 saturated carbocycles. The molecule has 0 amide bonds. The van der Waals surface area contributed by atoms with Crippen LogP contribution in [0.1, 0.15) is 5.56 Å². The van der Waals surface area contributed by atoms with Crippen molar-refractivity contribution in [3.63, 3.8) is 0 Å². The molecule has 2 N–H and O–H groups in total. The molecule has 0 aliphatic heterocycles. The fraction of sp³-hybridized carbons (Fsp3) is 0.167. The lowest BCUT2D eigenvalue weighted by atomic mass is 10.00. The highest BCUT2D eigenvalue weighted by Gasteiger charge is 2.12. The molecule has 0 saturated heterocycles. The molecule has 0 radical (unpaired) electrons. The summed E-state index contributed by atoms with van der Waals surface area (Å²) in [5, 5.41) is 0.556. The number of hydrogen-bond acceptors (Lipinski definition) is 6. The van der Waals surface area contributed by atoms with Gasteiger partial charge in [0, 0.05) is 30.7 Å². The van der Waals surface area contributed by atoms with Gasteiger partial charge in [0.05, 0.1) is 12.1 Å². The summed E-state index contributed by atoms with van der Waals surface area (Å²) in [4.78, 5) is 14.4. The Labute approximate surface area is 151 Å². The number of aromatic nitrogens is 3. The summed E-state index contributed by atoms with van der Waals surface area (Å²) in [5.41, 5.74) is 9.70. The average molecular weight is 356 g/mol. The van der Waals surface area contributed by atoms with Crippen LogP contribution in [-0.2, 0) is 0 Å². The normalized spacial score (nSPS) is 10.6. The number of pyridine rings is 1. The van der Waals surface area contributed by atoms with Gasteiger partial charge in [-0.1, -0.05) is 17.7 Å². The van der Waals surface area contributed by atoms with Crippen LogP contribution in [0, 0.1) is 6.92 Å². The number of anilines is 3. The zero-order valence-electron chi connectivity index (χ0n) is 14.2.